The number of carbonyl (C=O) groups excluding carboxylic acids is 1. The van der Waals surface area contributed by atoms with Gasteiger partial charge in [-0.2, -0.15) is 0 Å². The third-order valence-corrected chi connectivity index (χ3v) is 5.73. The molecule has 8 heteroatoms. The van der Waals surface area contributed by atoms with Crippen LogP contribution < -0.4 is 14.8 Å². The molecule has 0 spiro atoms. The summed E-state index contributed by atoms with van der Waals surface area (Å²) < 4.78 is 13.5. The second-order valence-corrected chi connectivity index (χ2v) is 8.20. The highest BCUT2D eigenvalue weighted by Gasteiger charge is 2.34. The first-order chi connectivity index (χ1) is 14.5. The summed E-state index contributed by atoms with van der Waals surface area (Å²) in [7, 11) is 3.21. The van der Waals surface area contributed by atoms with E-state index in [2.05, 4.69) is 31.6 Å². The number of ether oxygens (including phenoxy) is 2. The lowest BCUT2D eigenvalue weighted by atomic mass is 10.1. The van der Waals surface area contributed by atoms with Crippen molar-refractivity contribution < 1.29 is 14.3 Å². The summed E-state index contributed by atoms with van der Waals surface area (Å²) in [6, 6.07) is 13.0. The fourth-order valence-corrected chi connectivity index (χ4v) is 3.73. The quantitative estimate of drug-likeness (QED) is 0.552. The van der Waals surface area contributed by atoms with Gasteiger partial charge in [0.15, 0.2) is 5.69 Å². The van der Waals surface area contributed by atoms with Crippen LogP contribution >= 0.6 is 15.9 Å². The van der Waals surface area contributed by atoms with E-state index in [4.69, 9.17) is 9.47 Å². The van der Waals surface area contributed by atoms with Gasteiger partial charge in [0.25, 0.3) is 5.91 Å². The molecule has 156 valence electrons. The van der Waals surface area contributed by atoms with Crippen molar-refractivity contribution >= 4 is 21.8 Å². The summed E-state index contributed by atoms with van der Waals surface area (Å²) in [4.78, 5) is 13.1. The number of nitrogens with one attached hydrogen (secondary N) is 1. The molecule has 3 aromatic rings. The van der Waals surface area contributed by atoms with E-state index in [0.717, 1.165) is 34.3 Å². The van der Waals surface area contributed by atoms with E-state index in [0.29, 0.717) is 23.1 Å². The molecule has 2 aromatic carbocycles. The summed E-state index contributed by atoms with van der Waals surface area (Å²) in [6.45, 7) is 1.91. The Bertz CT molecular complexity index is 1060. The van der Waals surface area contributed by atoms with Gasteiger partial charge in [0.2, 0.25) is 0 Å². The Morgan fingerprint density at radius 2 is 1.90 bits per heavy atom. The highest BCUT2D eigenvalue weighted by molar-refractivity contribution is 9.10. The van der Waals surface area contributed by atoms with Crippen LogP contribution in [-0.2, 0) is 0 Å². The van der Waals surface area contributed by atoms with E-state index in [-0.39, 0.29) is 11.9 Å². The fraction of sp³-hybridized carbons (Fsp3) is 0.318. The third-order valence-electron chi connectivity index (χ3n) is 5.21. The van der Waals surface area contributed by atoms with Gasteiger partial charge in [0.1, 0.15) is 11.5 Å². The Balaban J connectivity index is 1.62. The number of hydrogen-bond acceptors (Lipinski definition) is 5. The van der Waals surface area contributed by atoms with Gasteiger partial charge in [-0.1, -0.05) is 21.1 Å². The molecule has 1 aliphatic rings. The average Bonchev–Trinajstić information content (AvgIpc) is 3.51. The fourth-order valence-electron chi connectivity index (χ4n) is 3.47. The summed E-state index contributed by atoms with van der Waals surface area (Å²) in [6.07, 6.45) is 2.06. The standard InChI is InChI=1S/C22H23BrN4O3/c1-13(18-12-17(29-2)10-11-19(18)30-3)24-22(28)20-21(14-4-5-14)27(26-25-20)16-8-6-15(23)7-9-16/h6-14H,4-5H2,1-3H3,(H,24,28). The molecule has 1 fully saturated rings. The molecular formula is C22H23BrN4O3. The Labute approximate surface area is 183 Å². The van der Waals surface area contributed by atoms with E-state index in [1.165, 1.54) is 0 Å². The van der Waals surface area contributed by atoms with Crippen molar-refractivity contribution in [2.45, 2.75) is 31.7 Å². The van der Waals surface area contributed by atoms with Gasteiger partial charge in [0, 0.05) is 16.0 Å². The predicted octanol–water partition coefficient (Wildman–Crippen LogP) is 4.42. The van der Waals surface area contributed by atoms with Gasteiger partial charge in [-0.15, -0.1) is 5.10 Å². The molecule has 1 atom stereocenters. The molecule has 4 rings (SSSR count). The number of halogens is 1. The van der Waals surface area contributed by atoms with Crippen LogP contribution in [0, 0.1) is 0 Å². The normalized spacial score (nSPS) is 14.3. The topological polar surface area (TPSA) is 78.3 Å². The summed E-state index contributed by atoms with van der Waals surface area (Å²) in [5.74, 6) is 1.43. The Hall–Kier alpha value is -2.87. The first-order valence-corrected chi connectivity index (χ1v) is 10.6. The van der Waals surface area contributed by atoms with Crippen LogP contribution in [0.25, 0.3) is 5.69 Å². The largest absolute Gasteiger partial charge is 0.497 e. The van der Waals surface area contributed by atoms with Crippen LogP contribution in [0.5, 0.6) is 11.5 Å². The second-order valence-electron chi connectivity index (χ2n) is 7.29. The van der Waals surface area contributed by atoms with Crippen LogP contribution in [0.15, 0.2) is 46.9 Å². The smallest absolute Gasteiger partial charge is 0.274 e. The summed E-state index contributed by atoms with van der Waals surface area (Å²) >= 11 is 3.45. The Kier molecular flexibility index (Phi) is 5.76. The van der Waals surface area contributed by atoms with E-state index in [1.54, 1.807) is 18.9 Å². The lowest BCUT2D eigenvalue weighted by Gasteiger charge is -2.18. The number of carbonyl (C=O) groups is 1. The van der Waals surface area contributed by atoms with E-state index < -0.39 is 0 Å². The van der Waals surface area contributed by atoms with Crippen molar-refractivity contribution in [1.29, 1.82) is 0 Å². The highest BCUT2D eigenvalue weighted by Crippen LogP contribution is 2.42. The summed E-state index contributed by atoms with van der Waals surface area (Å²) in [5, 5.41) is 11.6. The molecule has 0 bridgehead atoms. The molecule has 1 unspecified atom stereocenters. The number of benzene rings is 2. The van der Waals surface area contributed by atoms with E-state index >= 15 is 0 Å². The minimum Gasteiger partial charge on any atom is -0.497 e. The number of amides is 1. The number of aromatic nitrogens is 3. The predicted molar refractivity (Wildman–Crippen MR) is 116 cm³/mol. The molecule has 7 nitrogen and oxygen atoms in total. The lowest BCUT2D eigenvalue weighted by molar-refractivity contribution is 0.0933. The molecule has 1 aromatic heterocycles. The minimum atomic E-state index is -0.299. The summed E-state index contributed by atoms with van der Waals surface area (Å²) in [5.41, 5.74) is 2.95. The zero-order chi connectivity index (χ0) is 21.3. The molecule has 30 heavy (non-hydrogen) atoms. The van der Waals surface area contributed by atoms with Crippen LogP contribution in [0.3, 0.4) is 0 Å². The molecule has 0 radical (unpaired) electrons. The van der Waals surface area contributed by atoms with E-state index in [1.807, 2.05) is 49.4 Å². The molecule has 0 aliphatic heterocycles. The van der Waals surface area contributed by atoms with Crippen LogP contribution in [0.1, 0.15) is 53.5 Å². The van der Waals surface area contributed by atoms with Crippen molar-refractivity contribution in [2.24, 2.45) is 0 Å². The van der Waals surface area contributed by atoms with Crippen molar-refractivity contribution in [3.05, 3.63) is 63.9 Å². The molecule has 1 heterocycles. The zero-order valence-corrected chi connectivity index (χ0v) is 18.6. The molecule has 1 aliphatic carbocycles. The SMILES string of the molecule is COc1ccc(OC)c(C(C)NC(=O)c2nnn(-c3ccc(Br)cc3)c2C2CC2)c1. The zero-order valence-electron chi connectivity index (χ0n) is 17.1. The molecular weight excluding hydrogens is 448 g/mol. The number of rotatable bonds is 7. The molecule has 1 saturated carbocycles. The molecule has 1 amide bonds. The van der Waals surface area contributed by atoms with Gasteiger partial charge < -0.3 is 14.8 Å². The first kappa shape index (κ1) is 20.4. The van der Waals surface area contributed by atoms with Gasteiger partial charge in [0.05, 0.1) is 31.6 Å². The van der Waals surface area contributed by atoms with Crippen LogP contribution in [0.2, 0.25) is 0 Å². The molecule has 0 saturated heterocycles. The van der Waals surface area contributed by atoms with Gasteiger partial charge in [-0.3, -0.25) is 4.79 Å². The van der Waals surface area contributed by atoms with Crippen LogP contribution in [0.4, 0.5) is 0 Å². The molecule has 1 N–H and O–H groups in total. The van der Waals surface area contributed by atoms with E-state index in [9.17, 15) is 4.79 Å². The lowest BCUT2D eigenvalue weighted by Crippen LogP contribution is -2.28. The Morgan fingerprint density at radius 3 is 2.53 bits per heavy atom. The maximum atomic E-state index is 13.1. The number of hydrogen-bond donors (Lipinski definition) is 1. The third kappa shape index (κ3) is 4.05. The number of nitrogens with zero attached hydrogens (tertiary/aromatic N) is 3. The number of methoxy groups -OCH3 is 2. The maximum absolute atomic E-state index is 13.1. The first-order valence-electron chi connectivity index (χ1n) is 9.76. The van der Waals surface area contributed by atoms with Crippen molar-refractivity contribution in [2.75, 3.05) is 14.2 Å². The van der Waals surface area contributed by atoms with Gasteiger partial charge in [-0.25, -0.2) is 4.68 Å². The monoisotopic (exact) mass is 470 g/mol. The minimum absolute atomic E-state index is 0.252. The second kappa shape index (κ2) is 8.47. The maximum Gasteiger partial charge on any atom is 0.274 e. The van der Waals surface area contributed by atoms with Crippen molar-refractivity contribution in [3.63, 3.8) is 0 Å². The van der Waals surface area contributed by atoms with Crippen molar-refractivity contribution in [1.82, 2.24) is 20.3 Å². The highest BCUT2D eigenvalue weighted by atomic mass is 79.9. The van der Waals surface area contributed by atoms with Gasteiger partial charge >= 0.3 is 0 Å². The van der Waals surface area contributed by atoms with Crippen molar-refractivity contribution in [3.8, 4) is 17.2 Å². The average molecular weight is 471 g/mol. The van der Waals surface area contributed by atoms with Crippen LogP contribution in [-0.4, -0.2) is 35.1 Å². The Morgan fingerprint density at radius 1 is 1.17 bits per heavy atom. The van der Waals surface area contributed by atoms with Gasteiger partial charge in [-0.05, 0) is 62.2 Å².